The fourth-order valence-corrected chi connectivity index (χ4v) is 5.14. The van der Waals surface area contributed by atoms with Crippen molar-refractivity contribution in [1.29, 1.82) is 0 Å². The molecule has 7 nitrogen and oxygen atoms in total. The number of alkyl carbamates (subject to hydrolysis) is 1. The summed E-state index contributed by atoms with van der Waals surface area (Å²) in [6.07, 6.45) is 1.63. The van der Waals surface area contributed by atoms with Crippen LogP contribution in [0.2, 0.25) is 0 Å². The van der Waals surface area contributed by atoms with Crippen LogP contribution in [0.4, 0.5) is 4.79 Å². The van der Waals surface area contributed by atoms with E-state index in [2.05, 4.69) is 34.9 Å². The number of fused-ring (bicyclic) bond motifs is 3. The van der Waals surface area contributed by atoms with Crippen LogP contribution < -0.4 is 10.6 Å². The Hall–Kier alpha value is -3.35. The summed E-state index contributed by atoms with van der Waals surface area (Å²) < 4.78 is 5.61. The Morgan fingerprint density at radius 1 is 1.00 bits per heavy atom. The second-order valence-electron chi connectivity index (χ2n) is 9.71. The van der Waals surface area contributed by atoms with Crippen LogP contribution in [0.25, 0.3) is 11.1 Å². The highest BCUT2D eigenvalue weighted by Crippen LogP contribution is 2.44. The monoisotopic (exact) mass is 464 g/mol. The Labute approximate surface area is 199 Å². The highest BCUT2D eigenvalue weighted by atomic mass is 16.5. The number of ether oxygens (including phenoxy) is 1. The minimum Gasteiger partial charge on any atom is -0.480 e. The summed E-state index contributed by atoms with van der Waals surface area (Å²) in [6.45, 7) is 4.09. The van der Waals surface area contributed by atoms with Crippen LogP contribution in [-0.2, 0) is 14.3 Å². The summed E-state index contributed by atoms with van der Waals surface area (Å²) in [5.74, 6) is -1.44. The standard InChI is InChI=1S/C27H32N2O5/c1-16(2)13-24(26(31)32)29-25(30)17-11-12-18(14-17)28-27(33)34-15-23-21-9-5-3-7-19(21)20-8-4-6-10-22(20)23/h3-10,16-18,23-24H,11-15H2,1-2H3,(H,28,33)(H,29,30)(H,31,32)/t17-,18+,24+/m0/s1. The van der Waals surface area contributed by atoms with Crippen LogP contribution in [0.15, 0.2) is 48.5 Å². The molecule has 0 aromatic heterocycles. The number of carboxylic acids is 1. The van der Waals surface area contributed by atoms with Gasteiger partial charge in [0.25, 0.3) is 0 Å². The third kappa shape index (κ3) is 5.24. The Morgan fingerprint density at radius 3 is 2.21 bits per heavy atom. The molecule has 34 heavy (non-hydrogen) atoms. The van der Waals surface area contributed by atoms with Crippen molar-refractivity contribution in [3.05, 3.63) is 59.7 Å². The zero-order valence-electron chi connectivity index (χ0n) is 19.6. The molecule has 0 saturated heterocycles. The maximum atomic E-state index is 12.6. The first kappa shape index (κ1) is 23.8. The highest BCUT2D eigenvalue weighted by molar-refractivity contribution is 5.85. The molecule has 4 rings (SSSR count). The van der Waals surface area contributed by atoms with Crippen molar-refractivity contribution in [1.82, 2.24) is 10.6 Å². The number of carbonyl (C=O) groups is 3. The molecule has 1 fully saturated rings. The van der Waals surface area contributed by atoms with Crippen molar-refractivity contribution in [2.24, 2.45) is 11.8 Å². The van der Waals surface area contributed by atoms with Gasteiger partial charge < -0.3 is 20.5 Å². The van der Waals surface area contributed by atoms with E-state index >= 15 is 0 Å². The second-order valence-corrected chi connectivity index (χ2v) is 9.71. The van der Waals surface area contributed by atoms with E-state index in [-0.39, 0.29) is 36.3 Å². The van der Waals surface area contributed by atoms with Crippen molar-refractivity contribution in [2.75, 3.05) is 6.61 Å². The van der Waals surface area contributed by atoms with Crippen LogP contribution in [0, 0.1) is 11.8 Å². The summed E-state index contributed by atoms with van der Waals surface area (Å²) in [5, 5.41) is 14.9. The van der Waals surface area contributed by atoms with E-state index in [9.17, 15) is 19.5 Å². The van der Waals surface area contributed by atoms with Crippen molar-refractivity contribution in [3.63, 3.8) is 0 Å². The molecular formula is C27H32N2O5. The molecule has 0 heterocycles. The minimum absolute atomic E-state index is 0.00540. The molecule has 3 atom stereocenters. The third-order valence-electron chi connectivity index (χ3n) is 6.79. The normalized spacial score (nSPS) is 19.9. The SMILES string of the molecule is CC(C)C[C@@H](NC(=O)[C@H]1CC[C@@H](NC(=O)OCC2c3ccccc3-c3ccccc32)C1)C(=O)O. The van der Waals surface area contributed by atoms with Crippen molar-refractivity contribution in [3.8, 4) is 11.1 Å². The predicted octanol–water partition coefficient (Wildman–Crippen LogP) is 4.31. The van der Waals surface area contributed by atoms with E-state index in [1.165, 1.54) is 11.1 Å². The molecule has 2 aliphatic carbocycles. The lowest BCUT2D eigenvalue weighted by atomic mass is 9.98. The molecule has 1 saturated carbocycles. The van der Waals surface area contributed by atoms with Gasteiger partial charge in [0.05, 0.1) is 0 Å². The van der Waals surface area contributed by atoms with Gasteiger partial charge >= 0.3 is 12.1 Å². The molecule has 0 spiro atoms. The Bertz CT molecular complexity index is 1020. The van der Waals surface area contributed by atoms with Crippen LogP contribution in [0.5, 0.6) is 0 Å². The fraction of sp³-hybridized carbons (Fsp3) is 0.444. The van der Waals surface area contributed by atoms with E-state index in [0.717, 1.165) is 11.1 Å². The summed E-state index contributed by atoms with van der Waals surface area (Å²) in [6, 6.07) is 15.3. The zero-order chi connectivity index (χ0) is 24.2. The van der Waals surface area contributed by atoms with Gasteiger partial charge in [-0.15, -0.1) is 0 Å². The van der Waals surface area contributed by atoms with E-state index in [0.29, 0.717) is 25.7 Å². The number of nitrogens with one attached hydrogen (secondary N) is 2. The first-order valence-corrected chi connectivity index (χ1v) is 12.0. The third-order valence-corrected chi connectivity index (χ3v) is 6.79. The largest absolute Gasteiger partial charge is 0.480 e. The maximum absolute atomic E-state index is 12.6. The Morgan fingerprint density at radius 2 is 1.62 bits per heavy atom. The molecule has 0 unspecified atom stereocenters. The predicted molar refractivity (Wildman–Crippen MR) is 128 cm³/mol. The molecule has 2 aromatic rings. The molecule has 180 valence electrons. The van der Waals surface area contributed by atoms with Gasteiger partial charge in [0.15, 0.2) is 0 Å². The minimum atomic E-state index is -1.02. The van der Waals surface area contributed by atoms with Gasteiger partial charge in [-0.2, -0.15) is 0 Å². The maximum Gasteiger partial charge on any atom is 0.407 e. The molecule has 7 heteroatoms. The lowest BCUT2D eigenvalue weighted by Gasteiger charge is -2.19. The van der Waals surface area contributed by atoms with Crippen molar-refractivity contribution < 1.29 is 24.2 Å². The summed E-state index contributed by atoms with van der Waals surface area (Å²) in [7, 11) is 0. The number of aliphatic carboxylic acids is 1. The van der Waals surface area contributed by atoms with Crippen LogP contribution >= 0.6 is 0 Å². The molecule has 0 bridgehead atoms. The van der Waals surface area contributed by atoms with Gasteiger partial charge in [-0.3, -0.25) is 4.79 Å². The first-order chi connectivity index (χ1) is 16.3. The smallest absolute Gasteiger partial charge is 0.407 e. The number of carboxylic acid groups (broad SMARTS) is 1. The number of rotatable bonds is 8. The quantitative estimate of drug-likeness (QED) is 0.540. The van der Waals surface area contributed by atoms with E-state index in [1.807, 2.05) is 38.1 Å². The van der Waals surface area contributed by atoms with Crippen molar-refractivity contribution in [2.45, 2.75) is 57.5 Å². The fourth-order valence-electron chi connectivity index (χ4n) is 5.14. The first-order valence-electron chi connectivity index (χ1n) is 12.0. The summed E-state index contributed by atoms with van der Waals surface area (Å²) >= 11 is 0. The Balaban J connectivity index is 1.29. The Kier molecular flexibility index (Phi) is 7.20. The van der Waals surface area contributed by atoms with Gasteiger partial charge in [-0.1, -0.05) is 62.4 Å². The molecular weight excluding hydrogens is 432 g/mol. The van der Waals surface area contributed by atoms with E-state index in [1.54, 1.807) is 0 Å². The molecule has 0 aliphatic heterocycles. The zero-order valence-corrected chi connectivity index (χ0v) is 19.6. The highest BCUT2D eigenvalue weighted by Gasteiger charge is 2.34. The number of hydrogen-bond donors (Lipinski definition) is 3. The second kappa shape index (κ2) is 10.3. The number of hydrogen-bond acceptors (Lipinski definition) is 4. The van der Waals surface area contributed by atoms with Crippen LogP contribution in [0.3, 0.4) is 0 Å². The van der Waals surface area contributed by atoms with E-state index < -0.39 is 18.1 Å². The van der Waals surface area contributed by atoms with Gasteiger partial charge in [-0.05, 0) is 53.9 Å². The molecule has 2 aromatic carbocycles. The number of amides is 2. The summed E-state index contributed by atoms with van der Waals surface area (Å²) in [5.41, 5.74) is 4.66. The van der Waals surface area contributed by atoms with E-state index in [4.69, 9.17) is 4.74 Å². The van der Waals surface area contributed by atoms with Gasteiger partial charge in [0, 0.05) is 17.9 Å². The number of carbonyl (C=O) groups excluding carboxylic acids is 2. The average Bonchev–Trinajstić information content (AvgIpc) is 3.39. The van der Waals surface area contributed by atoms with Gasteiger partial charge in [0.1, 0.15) is 12.6 Å². The number of benzene rings is 2. The van der Waals surface area contributed by atoms with Crippen LogP contribution in [-0.4, -0.2) is 41.8 Å². The van der Waals surface area contributed by atoms with Crippen molar-refractivity contribution >= 4 is 18.0 Å². The van der Waals surface area contributed by atoms with Crippen LogP contribution in [0.1, 0.15) is 56.6 Å². The average molecular weight is 465 g/mol. The summed E-state index contributed by atoms with van der Waals surface area (Å²) in [4.78, 5) is 36.6. The lowest BCUT2D eigenvalue weighted by Crippen LogP contribution is -2.44. The lowest BCUT2D eigenvalue weighted by molar-refractivity contribution is -0.142. The topological polar surface area (TPSA) is 105 Å². The molecule has 2 amide bonds. The van der Waals surface area contributed by atoms with Gasteiger partial charge in [-0.25, -0.2) is 9.59 Å². The van der Waals surface area contributed by atoms with Gasteiger partial charge in [0.2, 0.25) is 5.91 Å². The molecule has 2 aliphatic rings. The molecule has 3 N–H and O–H groups in total. The molecule has 0 radical (unpaired) electrons.